The van der Waals surface area contributed by atoms with Crippen molar-refractivity contribution >= 4 is 12.3 Å². The van der Waals surface area contributed by atoms with Gasteiger partial charge in [0, 0.05) is 12.0 Å². The monoisotopic (exact) mass is 278 g/mol. The van der Waals surface area contributed by atoms with Crippen LogP contribution in [0.5, 0.6) is 5.75 Å². The molecule has 0 saturated heterocycles. The molecule has 0 aromatic heterocycles. The van der Waals surface area contributed by atoms with Crippen LogP contribution in [0.4, 0.5) is 0 Å². The second kappa shape index (κ2) is 10.0. The fourth-order valence-corrected chi connectivity index (χ4v) is 1.84. The van der Waals surface area contributed by atoms with E-state index in [2.05, 4.69) is 4.74 Å². The van der Waals surface area contributed by atoms with E-state index in [0.29, 0.717) is 18.6 Å². The third-order valence-electron chi connectivity index (χ3n) is 3.04. The number of ether oxygens (including phenoxy) is 2. The molecule has 0 heterocycles. The van der Waals surface area contributed by atoms with Crippen molar-refractivity contribution in [1.29, 1.82) is 0 Å². The number of carbonyl (C=O) groups excluding carboxylic acids is 2. The van der Waals surface area contributed by atoms with Crippen LogP contribution in [0.3, 0.4) is 0 Å². The largest absolute Gasteiger partial charge is 0.494 e. The van der Waals surface area contributed by atoms with Crippen LogP contribution in [0.15, 0.2) is 24.3 Å². The zero-order valence-corrected chi connectivity index (χ0v) is 12.0. The summed E-state index contributed by atoms with van der Waals surface area (Å²) in [5.41, 5.74) is 0.656. The van der Waals surface area contributed by atoms with Crippen LogP contribution in [0, 0.1) is 0 Å². The van der Waals surface area contributed by atoms with Crippen molar-refractivity contribution in [2.24, 2.45) is 0 Å². The maximum Gasteiger partial charge on any atom is 0.305 e. The van der Waals surface area contributed by atoms with Gasteiger partial charge in [-0.2, -0.15) is 0 Å². The maximum absolute atomic E-state index is 10.9. The molecule has 0 aliphatic carbocycles. The summed E-state index contributed by atoms with van der Waals surface area (Å²) in [5.74, 6) is 0.661. The topological polar surface area (TPSA) is 52.6 Å². The second-order valence-corrected chi connectivity index (χ2v) is 4.63. The second-order valence-electron chi connectivity index (χ2n) is 4.63. The van der Waals surface area contributed by atoms with Crippen LogP contribution < -0.4 is 4.74 Å². The Hall–Kier alpha value is -1.84. The summed E-state index contributed by atoms with van der Waals surface area (Å²) in [4.78, 5) is 21.4. The van der Waals surface area contributed by atoms with Crippen LogP contribution in [0.2, 0.25) is 0 Å². The molecule has 0 aliphatic rings. The number of hydrogen-bond donors (Lipinski definition) is 0. The SMILES string of the molecule is COC(=O)CCCCCCCOc1ccc(C=O)cc1. The summed E-state index contributed by atoms with van der Waals surface area (Å²) in [7, 11) is 1.42. The minimum atomic E-state index is -0.132. The third kappa shape index (κ3) is 6.92. The van der Waals surface area contributed by atoms with Crippen LogP contribution in [0.1, 0.15) is 48.9 Å². The van der Waals surface area contributed by atoms with Crippen molar-refractivity contribution in [2.75, 3.05) is 13.7 Å². The molecule has 1 aromatic rings. The van der Waals surface area contributed by atoms with E-state index in [4.69, 9.17) is 4.74 Å². The molecular formula is C16H22O4. The first-order chi connectivity index (χ1) is 9.76. The van der Waals surface area contributed by atoms with Crippen molar-refractivity contribution in [2.45, 2.75) is 38.5 Å². The summed E-state index contributed by atoms with van der Waals surface area (Å²) in [5, 5.41) is 0. The smallest absolute Gasteiger partial charge is 0.305 e. The quantitative estimate of drug-likeness (QED) is 0.374. The zero-order valence-electron chi connectivity index (χ0n) is 12.0. The van der Waals surface area contributed by atoms with E-state index in [1.807, 2.05) is 0 Å². The van der Waals surface area contributed by atoms with Crippen LogP contribution >= 0.6 is 0 Å². The van der Waals surface area contributed by atoms with E-state index < -0.39 is 0 Å². The number of rotatable bonds is 10. The Morgan fingerprint density at radius 2 is 1.70 bits per heavy atom. The predicted molar refractivity (Wildman–Crippen MR) is 77.0 cm³/mol. The average Bonchev–Trinajstić information content (AvgIpc) is 2.50. The summed E-state index contributed by atoms with van der Waals surface area (Å²) in [6.07, 6.45) is 6.45. The van der Waals surface area contributed by atoms with Gasteiger partial charge in [0.25, 0.3) is 0 Å². The lowest BCUT2D eigenvalue weighted by Gasteiger charge is -2.06. The van der Waals surface area contributed by atoms with Crippen molar-refractivity contribution in [3.63, 3.8) is 0 Å². The Bertz CT molecular complexity index is 397. The van der Waals surface area contributed by atoms with E-state index in [9.17, 15) is 9.59 Å². The van der Waals surface area contributed by atoms with Gasteiger partial charge in [-0.05, 0) is 37.1 Å². The average molecular weight is 278 g/mol. The Balaban J connectivity index is 1.99. The van der Waals surface area contributed by atoms with E-state index in [1.54, 1.807) is 24.3 Å². The Morgan fingerprint density at radius 1 is 1.05 bits per heavy atom. The van der Waals surface area contributed by atoms with Gasteiger partial charge in [0.1, 0.15) is 12.0 Å². The van der Waals surface area contributed by atoms with E-state index in [-0.39, 0.29) is 5.97 Å². The molecule has 0 aliphatic heterocycles. The molecule has 20 heavy (non-hydrogen) atoms. The normalized spacial score (nSPS) is 10.1. The first-order valence-corrected chi connectivity index (χ1v) is 7.01. The molecule has 0 saturated carbocycles. The van der Waals surface area contributed by atoms with Gasteiger partial charge < -0.3 is 9.47 Å². The third-order valence-corrected chi connectivity index (χ3v) is 3.04. The summed E-state index contributed by atoms with van der Waals surface area (Å²) in [6, 6.07) is 7.10. The summed E-state index contributed by atoms with van der Waals surface area (Å²) in [6.45, 7) is 0.678. The number of esters is 1. The standard InChI is InChI=1S/C16H22O4/c1-19-16(18)7-5-3-2-4-6-12-20-15-10-8-14(13-17)9-11-15/h8-11,13H,2-7,12H2,1H3. The van der Waals surface area contributed by atoms with Gasteiger partial charge in [-0.1, -0.05) is 19.3 Å². The van der Waals surface area contributed by atoms with Gasteiger partial charge >= 0.3 is 5.97 Å². The van der Waals surface area contributed by atoms with Crippen LogP contribution in [-0.4, -0.2) is 26.0 Å². The predicted octanol–water partition coefficient (Wildman–Crippen LogP) is 3.39. The number of carbonyl (C=O) groups is 2. The number of aldehydes is 1. The molecular weight excluding hydrogens is 256 g/mol. The molecule has 0 spiro atoms. The molecule has 0 amide bonds. The lowest BCUT2D eigenvalue weighted by atomic mass is 10.1. The fraction of sp³-hybridized carbons (Fsp3) is 0.500. The van der Waals surface area contributed by atoms with Crippen molar-refractivity contribution in [3.05, 3.63) is 29.8 Å². The lowest BCUT2D eigenvalue weighted by Crippen LogP contribution is -2.00. The highest BCUT2D eigenvalue weighted by Gasteiger charge is 1.99. The first kappa shape index (κ1) is 16.2. The summed E-state index contributed by atoms with van der Waals surface area (Å²) < 4.78 is 10.2. The van der Waals surface area contributed by atoms with Crippen molar-refractivity contribution in [3.8, 4) is 5.75 Å². The Morgan fingerprint density at radius 3 is 2.35 bits per heavy atom. The van der Waals surface area contributed by atoms with Gasteiger partial charge in [0.2, 0.25) is 0 Å². The molecule has 0 fully saturated rings. The number of hydrogen-bond acceptors (Lipinski definition) is 4. The molecule has 0 bridgehead atoms. The molecule has 1 aromatic carbocycles. The van der Waals surface area contributed by atoms with Crippen molar-refractivity contribution in [1.82, 2.24) is 0 Å². The molecule has 0 atom stereocenters. The number of benzene rings is 1. The molecule has 4 heteroatoms. The number of methoxy groups -OCH3 is 1. The van der Waals surface area contributed by atoms with Gasteiger partial charge in [0.15, 0.2) is 0 Å². The molecule has 0 radical (unpaired) electrons. The molecule has 1 rings (SSSR count). The molecule has 110 valence electrons. The minimum absolute atomic E-state index is 0.132. The molecule has 0 N–H and O–H groups in total. The van der Waals surface area contributed by atoms with E-state index in [1.165, 1.54) is 7.11 Å². The zero-order chi connectivity index (χ0) is 14.6. The lowest BCUT2D eigenvalue weighted by molar-refractivity contribution is -0.140. The van der Waals surface area contributed by atoms with Gasteiger partial charge in [-0.3, -0.25) is 9.59 Å². The fourth-order valence-electron chi connectivity index (χ4n) is 1.84. The van der Waals surface area contributed by atoms with E-state index in [0.717, 1.165) is 44.1 Å². The highest BCUT2D eigenvalue weighted by atomic mass is 16.5. The minimum Gasteiger partial charge on any atom is -0.494 e. The van der Waals surface area contributed by atoms with Gasteiger partial charge in [0.05, 0.1) is 13.7 Å². The summed E-state index contributed by atoms with van der Waals surface area (Å²) >= 11 is 0. The van der Waals surface area contributed by atoms with Gasteiger partial charge in [-0.25, -0.2) is 0 Å². The van der Waals surface area contributed by atoms with Crippen LogP contribution in [0.25, 0.3) is 0 Å². The number of unbranched alkanes of at least 4 members (excludes halogenated alkanes) is 4. The maximum atomic E-state index is 10.9. The Labute approximate surface area is 120 Å². The highest BCUT2D eigenvalue weighted by Crippen LogP contribution is 2.12. The molecule has 4 nitrogen and oxygen atoms in total. The van der Waals surface area contributed by atoms with E-state index >= 15 is 0 Å². The van der Waals surface area contributed by atoms with Crippen molar-refractivity contribution < 1.29 is 19.1 Å². The Kier molecular flexibility index (Phi) is 8.11. The van der Waals surface area contributed by atoms with Crippen LogP contribution in [-0.2, 0) is 9.53 Å². The van der Waals surface area contributed by atoms with Gasteiger partial charge in [-0.15, -0.1) is 0 Å². The molecule has 0 unspecified atom stereocenters. The first-order valence-electron chi connectivity index (χ1n) is 7.01. The highest BCUT2D eigenvalue weighted by molar-refractivity contribution is 5.74.